The molecule has 0 bridgehead atoms. The van der Waals surface area contributed by atoms with E-state index >= 15 is 0 Å². The second kappa shape index (κ2) is 18.8. The zero-order valence-electron chi connectivity index (χ0n) is 40.4. The summed E-state index contributed by atoms with van der Waals surface area (Å²) >= 11 is 0. The van der Waals surface area contributed by atoms with Gasteiger partial charge in [-0.05, 0) is 187 Å². The third-order valence-electron chi connectivity index (χ3n) is 14.1. The smallest absolute Gasteiger partial charge is 0.0642 e. The number of aromatic nitrogens is 2. The van der Waals surface area contributed by atoms with Crippen molar-refractivity contribution in [3.8, 4) is 33.4 Å². The molecule has 0 unspecified atom stereocenters. The molecule has 6 nitrogen and oxygen atoms in total. The summed E-state index contributed by atoms with van der Waals surface area (Å²) in [5, 5.41) is 21.3. The van der Waals surface area contributed by atoms with Crippen LogP contribution in [0.4, 0.5) is 0 Å². The minimum Gasteiger partial charge on any atom is -0.403 e. The van der Waals surface area contributed by atoms with Crippen molar-refractivity contribution in [1.29, 1.82) is 10.8 Å². The van der Waals surface area contributed by atoms with Crippen molar-refractivity contribution >= 4 is 72.6 Å². The van der Waals surface area contributed by atoms with Crippen LogP contribution >= 0.6 is 0 Å². The number of rotatable bonds is 11. The summed E-state index contributed by atoms with van der Waals surface area (Å²) in [6, 6.07) is 35.3. The molecule has 8 aromatic rings. The minimum atomic E-state index is 0.449. The fourth-order valence-electron chi connectivity index (χ4n) is 10.6. The zero-order chi connectivity index (χ0) is 48.7. The van der Waals surface area contributed by atoms with Gasteiger partial charge in [0.25, 0.3) is 0 Å². The molecule has 0 saturated carbocycles. The lowest BCUT2D eigenvalue weighted by Gasteiger charge is -2.31. The largest absolute Gasteiger partial charge is 0.403 e. The zero-order valence-corrected chi connectivity index (χ0v) is 40.4. The highest BCUT2D eigenvalue weighted by Gasteiger charge is 2.33. The first-order valence-electron chi connectivity index (χ1n) is 23.8. The van der Waals surface area contributed by atoms with E-state index in [4.69, 9.17) is 28.9 Å². The van der Waals surface area contributed by atoms with Crippen LogP contribution in [0.3, 0.4) is 0 Å². The van der Waals surface area contributed by atoms with Crippen LogP contribution in [0.5, 0.6) is 0 Å². The average Bonchev–Trinajstić information content (AvgIpc) is 3.88. The molecule has 0 saturated heterocycles. The molecular formula is C63H60N6. The van der Waals surface area contributed by atoms with Crippen LogP contribution in [0, 0.1) is 10.8 Å². The van der Waals surface area contributed by atoms with Crippen molar-refractivity contribution in [1.82, 2.24) is 9.13 Å². The Hall–Kier alpha value is -8.22. The van der Waals surface area contributed by atoms with E-state index in [1.807, 2.05) is 45.1 Å². The summed E-state index contributed by atoms with van der Waals surface area (Å²) in [7, 11) is 0. The van der Waals surface area contributed by atoms with Gasteiger partial charge in [0.2, 0.25) is 0 Å². The molecule has 6 N–H and O–H groups in total. The summed E-state index contributed by atoms with van der Waals surface area (Å²) in [6.07, 6.45) is 19.7. The van der Waals surface area contributed by atoms with E-state index in [-0.39, 0.29) is 0 Å². The Morgan fingerprint density at radius 2 is 1.12 bits per heavy atom. The van der Waals surface area contributed by atoms with Gasteiger partial charge >= 0.3 is 0 Å². The van der Waals surface area contributed by atoms with Crippen molar-refractivity contribution in [2.24, 2.45) is 11.5 Å². The van der Waals surface area contributed by atoms with Gasteiger partial charge in [-0.1, -0.05) is 104 Å². The van der Waals surface area contributed by atoms with Gasteiger partial charge in [-0.15, -0.1) is 6.58 Å². The van der Waals surface area contributed by atoms with Crippen molar-refractivity contribution < 1.29 is 0 Å². The van der Waals surface area contributed by atoms with Crippen LogP contribution in [0.25, 0.3) is 94.1 Å². The fourth-order valence-corrected chi connectivity index (χ4v) is 10.6. The molecule has 0 fully saturated rings. The van der Waals surface area contributed by atoms with Crippen LogP contribution in [0.1, 0.15) is 68.0 Å². The molecule has 2 aliphatic carbocycles. The second-order valence-corrected chi connectivity index (χ2v) is 18.0. The van der Waals surface area contributed by atoms with Crippen LogP contribution in [-0.4, -0.2) is 21.1 Å². The molecule has 69 heavy (non-hydrogen) atoms. The Balaban J connectivity index is 0.00000193. The summed E-state index contributed by atoms with van der Waals surface area (Å²) in [5.74, 6) is 0. The maximum absolute atomic E-state index is 8.48. The Kier molecular flexibility index (Phi) is 12.5. The predicted molar refractivity (Wildman–Crippen MR) is 299 cm³/mol. The van der Waals surface area contributed by atoms with Crippen LogP contribution in [0.2, 0.25) is 0 Å². The van der Waals surface area contributed by atoms with E-state index < -0.39 is 0 Å². The number of nitrogens with one attached hydrogen (secondary N) is 2. The predicted octanol–water partition coefficient (Wildman–Crippen LogP) is 15.5. The van der Waals surface area contributed by atoms with Crippen molar-refractivity contribution in [3.63, 3.8) is 0 Å². The molecule has 0 atom stereocenters. The Morgan fingerprint density at radius 1 is 0.623 bits per heavy atom. The fraction of sp³-hybridized carbons (Fsp3) is 0.143. The molecule has 2 heterocycles. The van der Waals surface area contributed by atoms with E-state index in [9.17, 15) is 0 Å². The van der Waals surface area contributed by atoms with E-state index in [2.05, 4.69) is 127 Å². The lowest BCUT2D eigenvalue weighted by molar-refractivity contribution is 0.884. The summed E-state index contributed by atoms with van der Waals surface area (Å²) in [6.45, 7) is 21.9. The van der Waals surface area contributed by atoms with Crippen molar-refractivity contribution in [3.05, 3.63) is 210 Å². The molecule has 0 radical (unpaired) electrons. The first kappa shape index (κ1) is 45.9. The minimum absolute atomic E-state index is 0.449. The molecule has 0 aliphatic heterocycles. The summed E-state index contributed by atoms with van der Waals surface area (Å²) < 4.78 is 4.78. The summed E-state index contributed by atoms with van der Waals surface area (Å²) in [5.41, 5.74) is 37.3. The highest BCUT2D eigenvalue weighted by molar-refractivity contribution is 6.18. The average molecular weight is 901 g/mol. The lowest BCUT2D eigenvalue weighted by Crippen LogP contribution is -2.16. The highest BCUT2D eigenvalue weighted by Crippen LogP contribution is 2.52. The van der Waals surface area contributed by atoms with E-state index in [0.717, 1.165) is 98.3 Å². The van der Waals surface area contributed by atoms with Gasteiger partial charge in [0.1, 0.15) is 0 Å². The molecule has 0 amide bonds. The van der Waals surface area contributed by atoms with E-state index in [1.165, 1.54) is 72.2 Å². The Bertz CT molecular complexity index is 3630. The number of hydrogen-bond acceptors (Lipinski definition) is 4. The molecule has 10 rings (SSSR count). The summed E-state index contributed by atoms with van der Waals surface area (Å²) in [4.78, 5) is 0. The molecule has 6 aromatic carbocycles. The SMILES string of the molecule is C=C/C=C\C(=N)c1ccc(-c2ccc3c(c2)c2cc4c5c(c2n3C(=C)/C(C)=C\C=N)CCc2cc3c6cc(-c7ccc(/C(N)=C/C)cc7)ccc6n(C(=C/N)/C(C)=C\C)c3c(c2-5)CC4)cc1.C=CC. The first-order chi connectivity index (χ1) is 33.5. The third-order valence-corrected chi connectivity index (χ3v) is 14.1. The highest BCUT2D eigenvalue weighted by atomic mass is 15.0. The number of fused-ring (bicyclic) bond motifs is 8. The maximum atomic E-state index is 8.48. The number of hydrogen-bond donors (Lipinski definition) is 4. The monoisotopic (exact) mass is 900 g/mol. The van der Waals surface area contributed by atoms with Gasteiger partial charge in [0.15, 0.2) is 0 Å². The van der Waals surface area contributed by atoms with Crippen LogP contribution in [0.15, 0.2) is 177 Å². The lowest BCUT2D eigenvalue weighted by atomic mass is 9.74. The van der Waals surface area contributed by atoms with Gasteiger partial charge in [0, 0.05) is 45.4 Å². The number of nitrogens with two attached hydrogens (primary N) is 2. The van der Waals surface area contributed by atoms with Crippen LogP contribution < -0.4 is 11.5 Å². The number of nitrogens with zero attached hydrogens (tertiary/aromatic N) is 2. The second-order valence-electron chi connectivity index (χ2n) is 18.0. The molecule has 2 aliphatic rings. The number of benzene rings is 6. The first-order valence-corrected chi connectivity index (χ1v) is 23.8. The van der Waals surface area contributed by atoms with E-state index in [0.29, 0.717) is 5.71 Å². The molecule has 342 valence electrons. The van der Waals surface area contributed by atoms with Crippen molar-refractivity contribution in [2.75, 3.05) is 0 Å². The standard InChI is InChI=1S/C60H54N6.C3H6/c1-7-10-11-53(64)41-18-14-39(15-19-41)42-22-26-54-48(30-42)50-32-44-21-25-47-58-45(20-24-46(57(44)58)59(50)65(54)37(6)36(5)28-29-61)33-51-49-31-43(38-12-16-40(17-13-38)52(63)9-3)23-27-55(49)66(60(47)51)56(34-62)35(4)8-2;1-3-2/h7-19,22-23,26-34,61,64H,1,6,20-21,24-25,62-63H2,2-5H3;3H,1H2,2H3/b11-10-,35-8-,36-28-,52-9-,56-34+,61-29?,64-53?;. The Morgan fingerprint density at radius 3 is 1.59 bits per heavy atom. The van der Waals surface area contributed by atoms with Gasteiger partial charge < -0.3 is 31.4 Å². The maximum Gasteiger partial charge on any atom is 0.0642 e. The van der Waals surface area contributed by atoms with Gasteiger partial charge in [-0.2, -0.15) is 0 Å². The van der Waals surface area contributed by atoms with E-state index in [1.54, 1.807) is 30.5 Å². The van der Waals surface area contributed by atoms with Gasteiger partial charge in [-0.25, -0.2) is 0 Å². The van der Waals surface area contributed by atoms with Crippen LogP contribution in [-0.2, 0) is 25.7 Å². The topological polar surface area (TPSA) is 110 Å². The normalized spacial score (nSPS) is 13.8. The molecule has 0 spiro atoms. The number of aryl methyl sites for hydroxylation is 4. The van der Waals surface area contributed by atoms with Gasteiger partial charge in [0.05, 0.1) is 33.5 Å². The quantitative estimate of drug-likeness (QED) is 0.0589. The molecule has 6 heteroatoms. The molecule has 2 aromatic heterocycles. The third kappa shape index (κ3) is 7.72. The Labute approximate surface area is 406 Å². The number of allylic oxidation sites excluding steroid dienone is 11. The molecular weight excluding hydrogens is 841 g/mol. The van der Waals surface area contributed by atoms with Crippen molar-refractivity contribution in [2.45, 2.75) is 60.3 Å². The van der Waals surface area contributed by atoms with Gasteiger partial charge in [-0.3, -0.25) is 0 Å².